The van der Waals surface area contributed by atoms with Crippen LogP contribution in [0.4, 0.5) is 5.69 Å². The Morgan fingerprint density at radius 3 is 2.60 bits per heavy atom. The molecule has 10 nitrogen and oxygen atoms in total. The van der Waals surface area contributed by atoms with Crippen molar-refractivity contribution in [3.05, 3.63) is 79.1 Å². The Hall–Kier alpha value is -3.51. The monoisotopic (exact) mass is 516 g/mol. The highest BCUT2D eigenvalue weighted by Crippen LogP contribution is 2.53. The van der Waals surface area contributed by atoms with Crippen LogP contribution in [0.5, 0.6) is 0 Å². The number of carbonyl (C=O) groups excluding carboxylic acids is 3. The highest BCUT2D eigenvalue weighted by atomic mass is 32.2. The number of nitrogens with zero attached hydrogens (tertiary/aromatic N) is 2. The predicted molar refractivity (Wildman–Crippen MR) is 128 cm³/mol. The molecule has 1 fully saturated rings. The van der Waals surface area contributed by atoms with Crippen molar-refractivity contribution in [2.24, 2.45) is 0 Å². The Morgan fingerprint density at radius 1 is 1.20 bits per heavy atom. The van der Waals surface area contributed by atoms with Crippen LogP contribution in [0.25, 0.3) is 6.08 Å². The zero-order chi connectivity index (χ0) is 25.1. The van der Waals surface area contributed by atoms with Crippen LogP contribution in [0.2, 0.25) is 0 Å². The van der Waals surface area contributed by atoms with Gasteiger partial charge in [-0.25, -0.2) is 4.79 Å². The van der Waals surface area contributed by atoms with E-state index in [2.05, 4.69) is 0 Å². The summed E-state index contributed by atoms with van der Waals surface area (Å²) in [7, 11) is 0. The van der Waals surface area contributed by atoms with Crippen LogP contribution < -0.4 is 0 Å². The van der Waals surface area contributed by atoms with E-state index >= 15 is 0 Å². The van der Waals surface area contributed by atoms with Gasteiger partial charge in [-0.3, -0.25) is 24.6 Å². The van der Waals surface area contributed by atoms with Crippen molar-refractivity contribution in [3.63, 3.8) is 0 Å². The average molecular weight is 517 g/mol. The molecule has 1 amide bonds. The second-order valence-corrected chi connectivity index (χ2v) is 10.0. The highest BCUT2D eigenvalue weighted by molar-refractivity contribution is 8.22. The number of carbonyl (C=O) groups is 3. The highest BCUT2D eigenvalue weighted by Gasteiger charge is 2.53. The lowest BCUT2D eigenvalue weighted by molar-refractivity contribution is -0.384. The first-order valence-electron chi connectivity index (χ1n) is 10.5. The molecular formula is C23H20N2O8S2. The normalized spacial score (nSPS) is 17.9. The molecule has 12 heteroatoms. The molecule has 0 radical (unpaired) electrons. The van der Waals surface area contributed by atoms with Gasteiger partial charge in [0, 0.05) is 19.1 Å². The van der Waals surface area contributed by atoms with E-state index in [0.717, 1.165) is 0 Å². The molecule has 1 atom stereocenters. The number of rotatable bonds is 9. The van der Waals surface area contributed by atoms with Gasteiger partial charge in [0.1, 0.15) is 30.1 Å². The summed E-state index contributed by atoms with van der Waals surface area (Å²) in [6, 6.07) is 9.05. The van der Waals surface area contributed by atoms with Gasteiger partial charge >= 0.3 is 11.9 Å². The summed E-state index contributed by atoms with van der Waals surface area (Å²) in [6.45, 7) is 3.17. The number of ether oxygens (including phenoxy) is 2. The maximum Gasteiger partial charge on any atom is 0.357 e. The van der Waals surface area contributed by atoms with Gasteiger partial charge in [-0.1, -0.05) is 18.7 Å². The van der Waals surface area contributed by atoms with Crippen LogP contribution in [0.1, 0.15) is 30.9 Å². The molecule has 0 N–H and O–H groups in total. The Morgan fingerprint density at radius 2 is 1.94 bits per heavy atom. The van der Waals surface area contributed by atoms with Crippen molar-refractivity contribution < 1.29 is 33.2 Å². The number of furan rings is 1. The van der Waals surface area contributed by atoms with Crippen molar-refractivity contribution in [2.45, 2.75) is 32.4 Å². The van der Waals surface area contributed by atoms with Gasteiger partial charge in [-0.05, 0) is 41.7 Å². The maximum atomic E-state index is 12.9. The van der Waals surface area contributed by atoms with Crippen LogP contribution >= 0.6 is 23.5 Å². The summed E-state index contributed by atoms with van der Waals surface area (Å²) in [5.74, 6) is 0.207. The van der Waals surface area contributed by atoms with E-state index < -0.39 is 16.9 Å². The first kappa shape index (κ1) is 24.6. The summed E-state index contributed by atoms with van der Waals surface area (Å²) in [5, 5.41) is 10.4. The van der Waals surface area contributed by atoms with E-state index in [1.807, 2.05) is 6.92 Å². The lowest BCUT2D eigenvalue weighted by Crippen LogP contribution is -2.51. The minimum Gasteiger partial charge on any atom is -0.458 e. The lowest BCUT2D eigenvalue weighted by atomic mass is 10.0. The number of amides is 1. The molecule has 2 aromatic rings. The van der Waals surface area contributed by atoms with Crippen molar-refractivity contribution in [1.29, 1.82) is 0 Å². The summed E-state index contributed by atoms with van der Waals surface area (Å²) in [5.41, 5.74) is 1.22. The first-order chi connectivity index (χ1) is 16.8. The molecule has 4 rings (SSSR count). The molecule has 1 aromatic heterocycles. The molecule has 0 unspecified atom stereocenters. The van der Waals surface area contributed by atoms with E-state index in [1.165, 1.54) is 59.6 Å². The fourth-order valence-electron chi connectivity index (χ4n) is 3.37. The summed E-state index contributed by atoms with van der Waals surface area (Å²) >= 11 is 2.84. The number of esters is 2. The number of non-ortho nitro benzene ring substituents is 1. The third-order valence-corrected chi connectivity index (χ3v) is 7.48. The van der Waals surface area contributed by atoms with Crippen molar-refractivity contribution in [2.75, 3.05) is 5.75 Å². The van der Waals surface area contributed by atoms with Crippen molar-refractivity contribution >= 4 is 53.1 Å². The summed E-state index contributed by atoms with van der Waals surface area (Å²) < 4.78 is 16.6. The smallest absolute Gasteiger partial charge is 0.357 e. The number of hydrogen-bond donors (Lipinski definition) is 0. The van der Waals surface area contributed by atoms with Gasteiger partial charge in [-0.2, -0.15) is 0 Å². The van der Waals surface area contributed by atoms with Crippen molar-refractivity contribution in [1.82, 2.24) is 4.90 Å². The number of benzene rings is 1. The summed E-state index contributed by atoms with van der Waals surface area (Å²) in [6.07, 6.45) is 1.62. The Kier molecular flexibility index (Phi) is 7.31. The van der Waals surface area contributed by atoms with E-state index in [0.29, 0.717) is 32.6 Å². The quantitative estimate of drug-likeness (QED) is 0.157. The molecular weight excluding hydrogens is 496 g/mol. The number of nitro benzene ring substituents is 1. The molecule has 0 aliphatic carbocycles. The second kappa shape index (κ2) is 10.4. The van der Waals surface area contributed by atoms with Gasteiger partial charge in [0.15, 0.2) is 5.70 Å². The molecule has 1 aromatic carbocycles. The third kappa shape index (κ3) is 5.28. The SMILES string of the molecule is CCSC1=C(C(=O)OCc2ccc([N+](=O)[O-])cc2)N2C(=O)/C(=C\c3ccc(COC(C)=O)o3)[C@H]2S1. The minimum absolute atomic E-state index is 0.000347. The molecule has 35 heavy (non-hydrogen) atoms. The minimum atomic E-state index is -0.636. The Labute approximate surface area is 208 Å². The number of thioether (sulfide) groups is 2. The number of β-lactam (4-membered cyclic amide) rings is 1. The molecule has 0 saturated carbocycles. The fourth-order valence-corrected chi connectivity index (χ4v) is 5.95. The maximum absolute atomic E-state index is 12.9. The van der Waals surface area contributed by atoms with Gasteiger partial charge < -0.3 is 13.9 Å². The summed E-state index contributed by atoms with van der Waals surface area (Å²) in [4.78, 5) is 48.5. The van der Waals surface area contributed by atoms with Crippen LogP contribution in [0.15, 0.2) is 56.3 Å². The van der Waals surface area contributed by atoms with Crippen LogP contribution in [0, 0.1) is 10.1 Å². The molecule has 0 bridgehead atoms. The average Bonchev–Trinajstić information content (AvgIpc) is 3.42. The number of nitro groups is 1. The Balaban J connectivity index is 1.45. The Bertz CT molecular complexity index is 1250. The van der Waals surface area contributed by atoms with Gasteiger partial charge in [0.25, 0.3) is 11.6 Å². The topological polar surface area (TPSA) is 129 Å². The molecule has 2 aliphatic rings. The van der Waals surface area contributed by atoms with Crippen LogP contribution in [-0.4, -0.2) is 38.8 Å². The lowest BCUT2D eigenvalue weighted by Gasteiger charge is -2.37. The fraction of sp³-hybridized carbons (Fsp3) is 0.261. The van der Waals surface area contributed by atoms with Crippen molar-refractivity contribution in [3.8, 4) is 0 Å². The van der Waals surface area contributed by atoms with E-state index in [-0.39, 0.29) is 35.9 Å². The van der Waals surface area contributed by atoms with E-state index in [4.69, 9.17) is 13.9 Å². The number of hydrogen-bond acceptors (Lipinski definition) is 10. The molecule has 3 heterocycles. The van der Waals surface area contributed by atoms with Gasteiger partial charge in [0.2, 0.25) is 0 Å². The van der Waals surface area contributed by atoms with E-state index in [9.17, 15) is 24.5 Å². The second-order valence-electron chi connectivity index (χ2n) is 7.40. The van der Waals surface area contributed by atoms with Gasteiger partial charge in [-0.15, -0.1) is 11.8 Å². The van der Waals surface area contributed by atoms with Crippen LogP contribution in [-0.2, 0) is 37.1 Å². The molecule has 1 saturated heterocycles. The molecule has 2 aliphatic heterocycles. The zero-order valence-corrected chi connectivity index (χ0v) is 20.4. The predicted octanol–water partition coefficient (Wildman–Crippen LogP) is 4.22. The number of fused-ring (bicyclic) bond motifs is 1. The first-order valence-corrected chi connectivity index (χ1v) is 12.4. The third-order valence-electron chi connectivity index (χ3n) is 5.00. The van der Waals surface area contributed by atoms with Crippen LogP contribution in [0.3, 0.4) is 0 Å². The zero-order valence-electron chi connectivity index (χ0n) is 18.7. The molecule has 182 valence electrons. The standard InChI is InChI=1S/C23H20N2O8S2/c1-3-34-23-19(22(28)32-11-14-4-6-15(7-5-14)25(29)30)24-20(27)18(21(24)35-23)10-16-8-9-17(33-16)12-31-13(2)26/h4-10,21H,3,11-12H2,1-2H3/b18-10+/t21-/m1/s1. The van der Waals surface area contributed by atoms with E-state index in [1.54, 1.807) is 18.2 Å². The molecule has 0 spiro atoms. The largest absolute Gasteiger partial charge is 0.458 e. The van der Waals surface area contributed by atoms with Gasteiger partial charge in [0.05, 0.1) is 14.7 Å².